The first kappa shape index (κ1) is 12.4. The summed E-state index contributed by atoms with van der Waals surface area (Å²) in [5.41, 5.74) is 0.630. The number of rotatable bonds is 4. The van der Waals surface area contributed by atoms with E-state index in [0.29, 0.717) is 17.2 Å². The summed E-state index contributed by atoms with van der Waals surface area (Å²) in [6.07, 6.45) is -0.551. The van der Waals surface area contributed by atoms with Gasteiger partial charge in [0.25, 0.3) is 0 Å². The summed E-state index contributed by atoms with van der Waals surface area (Å²) in [5.74, 6) is 1.28. The SMILES string of the molecule is O=C(NCc1cc(CCl)no1)Oc1ccccc1. The summed E-state index contributed by atoms with van der Waals surface area (Å²) in [6.45, 7) is 0.204. The van der Waals surface area contributed by atoms with Crippen LogP contribution in [-0.2, 0) is 12.4 Å². The van der Waals surface area contributed by atoms with Crippen LogP contribution < -0.4 is 10.1 Å². The maximum Gasteiger partial charge on any atom is 0.412 e. The van der Waals surface area contributed by atoms with E-state index in [0.717, 1.165) is 0 Å². The quantitative estimate of drug-likeness (QED) is 0.864. The predicted octanol–water partition coefficient (Wildman–Crippen LogP) is 2.70. The highest BCUT2D eigenvalue weighted by Gasteiger charge is 2.07. The Morgan fingerprint density at radius 1 is 1.39 bits per heavy atom. The minimum Gasteiger partial charge on any atom is -0.410 e. The van der Waals surface area contributed by atoms with E-state index in [-0.39, 0.29) is 12.4 Å². The molecule has 0 fully saturated rings. The van der Waals surface area contributed by atoms with Crippen LogP contribution in [0.1, 0.15) is 11.5 Å². The number of amides is 1. The maximum atomic E-state index is 11.4. The summed E-state index contributed by atoms with van der Waals surface area (Å²) in [7, 11) is 0. The third kappa shape index (κ3) is 3.49. The lowest BCUT2D eigenvalue weighted by atomic mass is 10.3. The smallest absolute Gasteiger partial charge is 0.410 e. The van der Waals surface area contributed by atoms with Gasteiger partial charge in [0.2, 0.25) is 0 Å². The average Bonchev–Trinajstić information content (AvgIpc) is 2.85. The molecule has 2 rings (SSSR count). The van der Waals surface area contributed by atoms with E-state index in [1.165, 1.54) is 0 Å². The monoisotopic (exact) mass is 266 g/mol. The van der Waals surface area contributed by atoms with Gasteiger partial charge < -0.3 is 14.6 Å². The molecule has 5 nitrogen and oxygen atoms in total. The fourth-order valence-corrected chi connectivity index (χ4v) is 1.42. The minimum absolute atomic E-state index is 0.204. The number of carbonyl (C=O) groups is 1. The number of hydrogen-bond donors (Lipinski definition) is 1. The molecule has 1 aromatic heterocycles. The molecule has 18 heavy (non-hydrogen) atoms. The highest BCUT2D eigenvalue weighted by molar-refractivity contribution is 6.16. The van der Waals surface area contributed by atoms with Crippen molar-refractivity contribution >= 4 is 17.7 Å². The molecule has 6 heteroatoms. The second kappa shape index (κ2) is 6.07. The Morgan fingerprint density at radius 2 is 2.17 bits per heavy atom. The normalized spacial score (nSPS) is 10.1. The lowest BCUT2D eigenvalue weighted by molar-refractivity contribution is 0.198. The zero-order valence-corrected chi connectivity index (χ0v) is 10.2. The Kier molecular flexibility index (Phi) is 4.20. The molecule has 1 aromatic carbocycles. The molecule has 0 aliphatic heterocycles. The number of carbonyl (C=O) groups excluding carboxylic acids is 1. The first-order valence-corrected chi connectivity index (χ1v) is 5.82. The number of ether oxygens (including phenoxy) is 1. The van der Waals surface area contributed by atoms with Crippen LogP contribution in [-0.4, -0.2) is 11.2 Å². The van der Waals surface area contributed by atoms with E-state index in [4.69, 9.17) is 20.9 Å². The summed E-state index contributed by atoms with van der Waals surface area (Å²) in [6, 6.07) is 10.5. The molecule has 0 spiro atoms. The fourth-order valence-electron chi connectivity index (χ4n) is 1.29. The van der Waals surface area contributed by atoms with Gasteiger partial charge in [0.05, 0.1) is 18.1 Å². The van der Waals surface area contributed by atoms with Crippen molar-refractivity contribution in [3.8, 4) is 5.75 Å². The molecule has 1 N–H and O–H groups in total. The highest BCUT2D eigenvalue weighted by atomic mass is 35.5. The molecule has 1 amide bonds. The molecule has 94 valence electrons. The van der Waals surface area contributed by atoms with Crippen LogP contribution in [0.25, 0.3) is 0 Å². The number of hydrogen-bond acceptors (Lipinski definition) is 4. The van der Waals surface area contributed by atoms with Gasteiger partial charge in [-0.25, -0.2) is 4.79 Å². The van der Waals surface area contributed by atoms with Crippen molar-refractivity contribution in [3.63, 3.8) is 0 Å². The third-order valence-electron chi connectivity index (χ3n) is 2.11. The van der Waals surface area contributed by atoms with E-state index in [1.54, 1.807) is 30.3 Å². The molecule has 0 aliphatic carbocycles. The zero-order chi connectivity index (χ0) is 12.8. The highest BCUT2D eigenvalue weighted by Crippen LogP contribution is 2.09. The second-order valence-corrected chi connectivity index (χ2v) is 3.74. The lowest BCUT2D eigenvalue weighted by Crippen LogP contribution is -2.26. The van der Waals surface area contributed by atoms with Gasteiger partial charge in [0, 0.05) is 6.07 Å². The van der Waals surface area contributed by atoms with Crippen LogP contribution in [0.2, 0.25) is 0 Å². The predicted molar refractivity (Wildman–Crippen MR) is 65.4 cm³/mol. The first-order chi connectivity index (χ1) is 8.78. The van der Waals surface area contributed by atoms with Gasteiger partial charge in [0.1, 0.15) is 5.75 Å². The Labute approximate surface area is 109 Å². The molecule has 0 saturated carbocycles. The molecular formula is C12H11ClN2O3. The molecule has 1 heterocycles. The molecule has 0 aliphatic rings. The molecule has 0 unspecified atom stereocenters. The number of para-hydroxylation sites is 1. The van der Waals surface area contributed by atoms with Gasteiger partial charge in [-0.1, -0.05) is 23.4 Å². The molecule has 2 aromatic rings. The number of nitrogens with zero attached hydrogens (tertiary/aromatic N) is 1. The summed E-state index contributed by atoms with van der Waals surface area (Å²) < 4.78 is 9.98. The molecule has 0 radical (unpaired) electrons. The van der Waals surface area contributed by atoms with Crippen molar-refractivity contribution in [1.29, 1.82) is 0 Å². The lowest BCUT2D eigenvalue weighted by Gasteiger charge is -2.04. The van der Waals surface area contributed by atoms with Gasteiger partial charge in [-0.2, -0.15) is 0 Å². The molecule has 0 bridgehead atoms. The van der Waals surface area contributed by atoms with E-state index < -0.39 is 6.09 Å². The Hall–Kier alpha value is -2.01. The van der Waals surface area contributed by atoms with E-state index in [1.807, 2.05) is 6.07 Å². The fraction of sp³-hybridized carbons (Fsp3) is 0.167. The Morgan fingerprint density at radius 3 is 2.83 bits per heavy atom. The topological polar surface area (TPSA) is 64.4 Å². The van der Waals surface area contributed by atoms with Gasteiger partial charge in [0.15, 0.2) is 5.76 Å². The van der Waals surface area contributed by atoms with Crippen LogP contribution >= 0.6 is 11.6 Å². The van der Waals surface area contributed by atoms with Crippen LogP contribution in [0.4, 0.5) is 4.79 Å². The zero-order valence-electron chi connectivity index (χ0n) is 9.43. The maximum absolute atomic E-state index is 11.4. The minimum atomic E-state index is -0.551. The third-order valence-corrected chi connectivity index (χ3v) is 2.38. The van der Waals surface area contributed by atoms with Gasteiger partial charge in [-0.3, -0.25) is 0 Å². The summed E-state index contributed by atoms with van der Waals surface area (Å²) in [5, 5.41) is 6.24. The average molecular weight is 267 g/mol. The number of halogens is 1. The van der Waals surface area contributed by atoms with Crippen molar-refractivity contribution in [3.05, 3.63) is 47.9 Å². The number of aromatic nitrogens is 1. The van der Waals surface area contributed by atoms with Crippen molar-refractivity contribution in [2.24, 2.45) is 0 Å². The summed E-state index contributed by atoms with van der Waals surface area (Å²) in [4.78, 5) is 11.4. The standard InChI is InChI=1S/C12H11ClN2O3/c13-7-9-6-11(18-15-9)8-14-12(16)17-10-4-2-1-3-5-10/h1-6H,7-8H2,(H,14,16). The molecular weight excluding hydrogens is 256 g/mol. The first-order valence-electron chi connectivity index (χ1n) is 5.29. The van der Waals surface area contributed by atoms with E-state index in [2.05, 4.69) is 10.5 Å². The number of alkyl halides is 1. The Bertz CT molecular complexity index is 513. The van der Waals surface area contributed by atoms with E-state index >= 15 is 0 Å². The van der Waals surface area contributed by atoms with Crippen molar-refractivity contribution < 1.29 is 14.1 Å². The van der Waals surface area contributed by atoms with Gasteiger partial charge in [-0.05, 0) is 12.1 Å². The van der Waals surface area contributed by atoms with Crippen LogP contribution in [0, 0.1) is 0 Å². The van der Waals surface area contributed by atoms with Crippen LogP contribution in [0.5, 0.6) is 5.75 Å². The van der Waals surface area contributed by atoms with Gasteiger partial charge >= 0.3 is 6.09 Å². The van der Waals surface area contributed by atoms with Crippen molar-refractivity contribution in [2.75, 3.05) is 0 Å². The van der Waals surface area contributed by atoms with Crippen molar-refractivity contribution in [1.82, 2.24) is 10.5 Å². The van der Waals surface area contributed by atoms with Crippen molar-refractivity contribution in [2.45, 2.75) is 12.4 Å². The van der Waals surface area contributed by atoms with E-state index in [9.17, 15) is 4.79 Å². The second-order valence-electron chi connectivity index (χ2n) is 3.47. The summed E-state index contributed by atoms with van der Waals surface area (Å²) >= 11 is 5.58. The molecule has 0 atom stereocenters. The number of nitrogens with one attached hydrogen (secondary N) is 1. The van der Waals surface area contributed by atoms with Crippen LogP contribution in [0.3, 0.4) is 0 Å². The Balaban J connectivity index is 1.81. The number of benzene rings is 1. The largest absolute Gasteiger partial charge is 0.412 e. The van der Waals surface area contributed by atoms with Gasteiger partial charge in [-0.15, -0.1) is 11.6 Å². The molecule has 0 saturated heterocycles. The van der Waals surface area contributed by atoms with Crippen LogP contribution in [0.15, 0.2) is 40.9 Å².